The maximum absolute atomic E-state index is 13.3. The summed E-state index contributed by atoms with van der Waals surface area (Å²) in [4.78, 5) is 53.2. The first-order chi connectivity index (χ1) is 29.9. The maximum atomic E-state index is 13.3. The minimum absolute atomic E-state index is 0.0430. The summed E-state index contributed by atoms with van der Waals surface area (Å²) in [6, 6.07) is -0.0860. The summed E-state index contributed by atoms with van der Waals surface area (Å²) in [7, 11) is 0. The first-order valence-electron chi connectivity index (χ1n) is 24.5. The lowest BCUT2D eigenvalue weighted by molar-refractivity contribution is -0.157. The Balaban J connectivity index is 4.91. The molecular weight excluding hydrogens is 905 g/mol. The second-order valence-corrected chi connectivity index (χ2v) is 25.9. The number of carbonyl (C=O) groups excluding carboxylic acids is 4. The Morgan fingerprint density at radius 3 is 1.05 bits per heavy atom. The van der Waals surface area contributed by atoms with Crippen LogP contribution in [0.15, 0.2) is 0 Å². The highest BCUT2D eigenvalue weighted by atomic mass is 32.2. The van der Waals surface area contributed by atoms with Crippen LogP contribution >= 0.6 is 71.5 Å². The van der Waals surface area contributed by atoms with E-state index in [1.54, 1.807) is 51.2 Å². The molecule has 0 heterocycles. The molecule has 8 nitrogen and oxygen atoms in total. The molecule has 0 rings (SSSR count). The normalized spacial score (nSPS) is 12.9. The third kappa shape index (κ3) is 34.4. The summed E-state index contributed by atoms with van der Waals surface area (Å²) >= 11 is 17.4. The van der Waals surface area contributed by atoms with Gasteiger partial charge in [0, 0.05) is 18.5 Å². The fourth-order valence-corrected chi connectivity index (χ4v) is 12.6. The van der Waals surface area contributed by atoms with Crippen LogP contribution in [0.25, 0.3) is 0 Å². The Hall–Kier alpha value is -0.540. The molecule has 0 radical (unpaired) electrons. The zero-order valence-electron chi connectivity index (χ0n) is 41.3. The number of hydrogen-bond donors (Lipinski definition) is 2. The van der Waals surface area contributed by atoms with Gasteiger partial charge in [-0.2, -0.15) is 0 Å². The van der Waals surface area contributed by atoms with Crippen LogP contribution in [0, 0.1) is 10.8 Å². The summed E-state index contributed by atoms with van der Waals surface area (Å²) in [6.45, 7) is 19.5. The van der Waals surface area contributed by atoms with Gasteiger partial charge in [0.2, 0.25) is 11.8 Å². The predicted molar refractivity (Wildman–Crippen MR) is 286 cm³/mol. The van der Waals surface area contributed by atoms with Gasteiger partial charge in [-0.3, -0.25) is 19.2 Å². The zero-order valence-corrected chi connectivity index (χ0v) is 46.2. The van der Waals surface area contributed by atoms with Crippen molar-refractivity contribution in [3.8, 4) is 0 Å². The van der Waals surface area contributed by atoms with Crippen molar-refractivity contribution < 1.29 is 28.7 Å². The monoisotopic (exact) mass is 995 g/mol. The molecule has 0 aliphatic rings. The van der Waals surface area contributed by atoms with Crippen LogP contribution < -0.4 is 10.6 Å². The molecule has 2 unspecified atom stereocenters. The maximum Gasteiger partial charge on any atom is 0.311 e. The molecule has 0 bridgehead atoms. The van der Waals surface area contributed by atoms with Crippen LogP contribution in [0.4, 0.5) is 0 Å². The minimum atomic E-state index is -0.948. The number of amides is 2. The molecular formula is C49H90N2O6S6. The molecule has 368 valence electrons. The smallest absolute Gasteiger partial charge is 0.311 e. The van der Waals surface area contributed by atoms with Crippen LogP contribution in [0.3, 0.4) is 0 Å². The highest BCUT2D eigenvalue weighted by Gasteiger charge is 2.38. The summed E-state index contributed by atoms with van der Waals surface area (Å²) < 4.78 is 12.8. The minimum Gasteiger partial charge on any atom is -0.465 e. The number of thiocarbonyl (C=S) groups is 2. The molecule has 0 aromatic heterocycles. The quantitative estimate of drug-likeness (QED) is 0.0349. The van der Waals surface area contributed by atoms with Crippen molar-refractivity contribution >= 4 is 102 Å². The van der Waals surface area contributed by atoms with Crippen molar-refractivity contribution in [2.45, 2.75) is 239 Å². The van der Waals surface area contributed by atoms with E-state index in [2.05, 4.69) is 24.5 Å². The van der Waals surface area contributed by atoms with E-state index >= 15 is 0 Å². The van der Waals surface area contributed by atoms with Crippen LogP contribution in [0.1, 0.15) is 217 Å². The fourth-order valence-electron chi connectivity index (χ4n) is 6.79. The molecule has 0 aliphatic heterocycles. The average molecular weight is 996 g/mol. The van der Waals surface area contributed by atoms with E-state index in [1.807, 2.05) is 27.7 Å². The highest BCUT2D eigenvalue weighted by Crippen LogP contribution is 2.35. The van der Waals surface area contributed by atoms with Gasteiger partial charge in [-0.25, -0.2) is 0 Å². The Kier molecular flexibility index (Phi) is 38.1. The van der Waals surface area contributed by atoms with Crippen LogP contribution in [-0.2, 0) is 28.7 Å². The fraction of sp³-hybridized carbons (Fsp3) is 0.878. The Labute approximate surface area is 413 Å². The standard InChI is InChI=1S/C49H90N2O6S6/c1-11-13-15-17-19-21-23-25-27-29-34-60-46(58)62-40(42(52)50-38(3)4)36-48(7,8)44(54)56-32-31-33-57-45(55)49(9,10)37-41(43(53)51-39(5)6)63-47(59)61-35-30-28-26-24-22-20-18-16-14-12-2/h38-41H,11-37H2,1-10H3,(H,50,52)(H,51,53). The second-order valence-electron chi connectivity index (χ2n) is 18.9. The third-order valence-electron chi connectivity index (χ3n) is 10.6. The average Bonchev–Trinajstić information content (AvgIpc) is 3.20. The van der Waals surface area contributed by atoms with Gasteiger partial charge in [0.25, 0.3) is 0 Å². The summed E-state index contributed by atoms with van der Waals surface area (Å²) in [5.74, 6) is 0.735. The van der Waals surface area contributed by atoms with Gasteiger partial charge >= 0.3 is 11.9 Å². The Morgan fingerprint density at radius 1 is 0.476 bits per heavy atom. The van der Waals surface area contributed by atoms with Crippen molar-refractivity contribution in [1.82, 2.24) is 10.6 Å². The number of unbranched alkanes of at least 4 members (excludes halogenated alkanes) is 18. The Bertz CT molecular complexity index is 1190. The number of rotatable bonds is 38. The van der Waals surface area contributed by atoms with Crippen LogP contribution in [0.5, 0.6) is 0 Å². The predicted octanol–water partition coefficient (Wildman–Crippen LogP) is 14.4. The molecule has 63 heavy (non-hydrogen) atoms. The van der Waals surface area contributed by atoms with Gasteiger partial charge in [-0.1, -0.05) is 177 Å². The van der Waals surface area contributed by atoms with Crippen molar-refractivity contribution in [2.24, 2.45) is 10.8 Å². The lowest BCUT2D eigenvalue weighted by Crippen LogP contribution is -2.41. The van der Waals surface area contributed by atoms with Crippen molar-refractivity contribution in [2.75, 3.05) is 24.7 Å². The van der Waals surface area contributed by atoms with Gasteiger partial charge in [0.05, 0.1) is 34.5 Å². The SMILES string of the molecule is CCCCCCCCCCCCSC(=S)SC(CC(C)(C)C(=O)OCCCOC(=O)C(C)(C)CC(SC(=S)SCCCCCCCCCCCC)C(=O)NC(C)C)C(=O)NC(C)C. The van der Waals surface area contributed by atoms with Gasteiger partial charge in [-0.05, 0) is 92.6 Å². The van der Waals surface area contributed by atoms with Crippen LogP contribution in [-0.4, -0.2) is 78.1 Å². The Morgan fingerprint density at radius 2 is 0.762 bits per heavy atom. The first-order valence-corrected chi connectivity index (χ1v) is 29.0. The molecule has 14 heteroatoms. The number of ether oxygens (including phenoxy) is 2. The van der Waals surface area contributed by atoms with E-state index in [1.165, 1.54) is 139 Å². The van der Waals surface area contributed by atoms with E-state index in [0.29, 0.717) is 6.42 Å². The lowest BCUT2D eigenvalue weighted by Gasteiger charge is -2.28. The summed E-state index contributed by atoms with van der Waals surface area (Å²) in [5.41, 5.74) is -1.90. The van der Waals surface area contributed by atoms with Crippen LogP contribution in [0.2, 0.25) is 0 Å². The van der Waals surface area contributed by atoms with Crippen molar-refractivity contribution in [1.29, 1.82) is 0 Å². The molecule has 2 N–H and O–H groups in total. The zero-order chi connectivity index (χ0) is 47.5. The van der Waals surface area contributed by atoms with E-state index in [-0.39, 0.29) is 50.0 Å². The summed E-state index contributed by atoms with van der Waals surface area (Å²) in [5, 5.41) is 4.93. The molecule has 0 spiro atoms. The lowest BCUT2D eigenvalue weighted by atomic mass is 9.87. The van der Waals surface area contributed by atoms with E-state index in [9.17, 15) is 19.2 Å². The van der Waals surface area contributed by atoms with Crippen molar-refractivity contribution in [3.63, 3.8) is 0 Å². The highest BCUT2D eigenvalue weighted by molar-refractivity contribution is 8.48. The van der Waals surface area contributed by atoms with Gasteiger partial charge in [0.15, 0.2) is 0 Å². The number of esters is 2. The van der Waals surface area contributed by atoms with E-state index in [0.717, 1.165) is 31.4 Å². The molecule has 0 aromatic carbocycles. The molecule has 0 saturated carbocycles. The molecule has 2 atom stereocenters. The summed E-state index contributed by atoms with van der Waals surface area (Å²) in [6.07, 6.45) is 26.5. The number of nitrogens with one attached hydrogen (secondary N) is 2. The largest absolute Gasteiger partial charge is 0.465 e. The van der Waals surface area contributed by atoms with E-state index < -0.39 is 33.3 Å². The van der Waals surface area contributed by atoms with Gasteiger partial charge in [0.1, 0.15) is 7.06 Å². The first kappa shape index (κ1) is 62.5. The molecule has 0 fully saturated rings. The molecule has 0 aromatic rings. The number of carbonyl (C=O) groups is 4. The van der Waals surface area contributed by atoms with E-state index in [4.69, 9.17) is 33.9 Å². The topological polar surface area (TPSA) is 111 Å². The second kappa shape index (κ2) is 38.4. The van der Waals surface area contributed by atoms with Gasteiger partial charge < -0.3 is 20.1 Å². The van der Waals surface area contributed by atoms with Gasteiger partial charge in [-0.15, -0.1) is 23.5 Å². The third-order valence-corrected chi connectivity index (χ3v) is 16.4. The molecule has 0 saturated heterocycles. The van der Waals surface area contributed by atoms with Crippen molar-refractivity contribution in [3.05, 3.63) is 0 Å². The number of hydrogen-bond acceptors (Lipinski definition) is 12. The molecule has 2 amide bonds. The number of thioether (sulfide) groups is 4. The molecule has 0 aliphatic carbocycles.